The fraction of sp³-hybridized carbons (Fsp3) is 0.477. The van der Waals surface area contributed by atoms with Crippen LogP contribution < -0.4 is 54.4 Å². The number of nitrogens with two attached hydrogens (primary N) is 3. The molecule has 7 amide bonds. The van der Waals surface area contributed by atoms with Gasteiger partial charge in [-0.05, 0) is 62.3 Å². The van der Waals surface area contributed by atoms with Crippen molar-refractivity contribution in [1.82, 2.24) is 42.2 Å². The maximum Gasteiger partial charge on any atom is 0.243 e. The van der Waals surface area contributed by atoms with E-state index in [1.807, 2.05) is 24.3 Å². The van der Waals surface area contributed by atoms with Gasteiger partial charge >= 0.3 is 0 Å². The van der Waals surface area contributed by atoms with Crippen molar-refractivity contribution in [3.8, 4) is 0 Å². The summed E-state index contributed by atoms with van der Waals surface area (Å²) >= 11 is 0. The van der Waals surface area contributed by atoms with Crippen molar-refractivity contribution < 1.29 is 38.4 Å². The molecule has 0 aliphatic carbocycles. The number of carbonyl (C=O) groups excluding carboxylic acids is 8. The van der Waals surface area contributed by atoms with Crippen LogP contribution in [0, 0.1) is 11.3 Å². The molecular formula is C44H62N12O8. The first kappa shape index (κ1) is 49.8. The Hall–Kier alpha value is -6.83. The zero-order valence-electron chi connectivity index (χ0n) is 36.1. The minimum absolute atomic E-state index is 0.0238. The number of para-hydroxylation sites is 1. The predicted octanol–water partition coefficient (Wildman–Crippen LogP) is -0.850. The zero-order valence-corrected chi connectivity index (χ0v) is 36.1. The highest BCUT2D eigenvalue weighted by Crippen LogP contribution is 2.20. The van der Waals surface area contributed by atoms with E-state index in [9.17, 15) is 38.4 Å². The monoisotopic (exact) mass is 886 g/mol. The molecule has 1 aromatic heterocycles. The smallest absolute Gasteiger partial charge is 0.243 e. The van der Waals surface area contributed by atoms with Crippen molar-refractivity contribution in [3.05, 3.63) is 71.9 Å². The van der Waals surface area contributed by atoms with Gasteiger partial charge in [0, 0.05) is 61.8 Å². The van der Waals surface area contributed by atoms with Crippen molar-refractivity contribution in [2.75, 3.05) is 19.6 Å². The van der Waals surface area contributed by atoms with Crippen LogP contribution in [0.2, 0.25) is 0 Å². The Morgan fingerprint density at radius 1 is 0.703 bits per heavy atom. The molecule has 1 saturated heterocycles. The molecule has 1 aliphatic rings. The molecule has 20 nitrogen and oxygen atoms in total. The molecule has 2 aromatic carbocycles. The van der Waals surface area contributed by atoms with Crippen LogP contribution in [0.15, 0.2) is 60.8 Å². The van der Waals surface area contributed by atoms with E-state index in [0.29, 0.717) is 37.1 Å². The lowest BCUT2D eigenvalue weighted by Crippen LogP contribution is -2.60. The van der Waals surface area contributed by atoms with E-state index in [-0.39, 0.29) is 69.7 Å². The van der Waals surface area contributed by atoms with E-state index in [0.717, 1.165) is 10.9 Å². The van der Waals surface area contributed by atoms with Gasteiger partial charge in [0.05, 0.1) is 6.42 Å². The fourth-order valence-corrected chi connectivity index (χ4v) is 7.27. The number of benzene rings is 2. The molecule has 6 atom stereocenters. The van der Waals surface area contributed by atoms with E-state index in [2.05, 4.69) is 42.2 Å². The number of Topliss-reactive ketones (excluding diaryl/α,β-unsaturated/α-hetero) is 1. The number of aromatic amines is 1. The quantitative estimate of drug-likeness (QED) is 0.0639. The maximum atomic E-state index is 14.4. The first-order chi connectivity index (χ1) is 30.6. The molecule has 0 bridgehead atoms. The highest BCUT2D eigenvalue weighted by Gasteiger charge is 2.34. The lowest BCUT2D eigenvalue weighted by Gasteiger charge is -2.27. The van der Waals surface area contributed by atoms with Gasteiger partial charge in [-0.1, -0.05) is 55.5 Å². The van der Waals surface area contributed by atoms with E-state index in [4.69, 9.17) is 22.6 Å². The third-order valence-electron chi connectivity index (χ3n) is 10.9. The molecule has 0 unspecified atom stereocenters. The summed E-state index contributed by atoms with van der Waals surface area (Å²) in [7, 11) is 0. The van der Waals surface area contributed by atoms with Crippen LogP contribution >= 0.6 is 0 Å². The normalized spacial score (nSPS) is 23.1. The number of aromatic nitrogens is 1. The van der Waals surface area contributed by atoms with Crippen molar-refractivity contribution in [3.63, 3.8) is 0 Å². The Morgan fingerprint density at radius 3 is 2.03 bits per heavy atom. The van der Waals surface area contributed by atoms with E-state index in [1.54, 1.807) is 43.5 Å². The number of nitrogens with one attached hydrogen (secondary N) is 9. The Morgan fingerprint density at radius 2 is 1.33 bits per heavy atom. The Labute approximate surface area is 371 Å². The molecule has 0 radical (unpaired) electrons. The molecule has 0 spiro atoms. The van der Waals surface area contributed by atoms with Gasteiger partial charge in [-0.3, -0.25) is 43.8 Å². The molecule has 20 heteroatoms. The second-order valence-electron chi connectivity index (χ2n) is 16.1. The Bertz CT molecular complexity index is 2110. The molecule has 2 heterocycles. The number of primary amides is 2. The summed E-state index contributed by atoms with van der Waals surface area (Å²) in [6.07, 6.45) is 2.93. The van der Waals surface area contributed by atoms with Gasteiger partial charge in [0.2, 0.25) is 41.4 Å². The number of guanidine groups is 1. The summed E-state index contributed by atoms with van der Waals surface area (Å²) in [6.45, 7) is 2.62. The first-order valence-electron chi connectivity index (χ1n) is 21.6. The van der Waals surface area contributed by atoms with Gasteiger partial charge in [0.15, 0.2) is 5.96 Å². The third-order valence-corrected chi connectivity index (χ3v) is 10.9. The van der Waals surface area contributed by atoms with E-state index < -0.39 is 83.9 Å². The summed E-state index contributed by atoms with van der Waals surface area (Å²) in [4.78, 5) is 111. The maximum absolute atomic E-state index is 14.4. The van der Waals surface area contributed by atoms with Gasteiger partial charge in [-0.2, -0.15) is 0 Å². The molecule has 1 aliphatic heterocycles. The van der Waals surface area contributed by atoms with Crippen molar-refractivity contribution >= 4 is 64.0 Å². The number of hydrogen-bond acceptors (Lipinski definition) is 10. The number of hydrogen-bond donors (Lipinski definition) is 12. The van der Waals surface area contributed by atoms with Crippen LogP contribution in [0.5, 0.6) is 0 Å². The van der Waals surface area contributed by atoms with Crippen LogP contribution in [0.4, 0.5) is 0 Å². The lowest BCUT2D eigenvalue weighted by atomic mass is 10.00. The van der Waals surface area contributed by atoms with Crippen molar-refractivity contribution in [1.29, 1.82) is 5.41 Å². The zero-order chi connectivity index (χ0) is 46.6. The summed E-state index contributed by atoms with van der Waals surface area (Å²) in [5, 5.41) is 27.6. The molecule has 346 valence electrons. The third kappa shape index (κ3) is 16.5. The molecule has 3 aromatic rings. The average Bonchev–Trinajstić information content (AvgIpc) is 3.66. The topological polar surface area (TPSA) is 338 Å². The summed E-state index contributed by atoms with van der Waals surface area (Å²) in [5.74, 6) is -6.57. The van der Waals surface area contributed by atoms with Crippen molar-refractivity contribution in [2.45, 2.75) is 108 Å². The summed E-state index contributed by atoms with van der Waals surface area (Å²) < 4.78 is 0. The molecule has 4 rings (SSSR count). The SMILES string of the molecule is C[C@H]1CCC(=O)CCNCCCC[C@@H](C(N)=O)NC(=O)[C@H](Cc2c[nH]c3ccccc23)NC(=O)[C@H](CCCNC(=N)N)NC(=O)[C@@H](Cc2ccccc2)NC(=O)[C@H](CC(N)=O)NC1=O. The Kier molecular flexibility index (Phi) is 19.7. The number of ketones is 1. The minimum Gasteiger partial charge on any atom is -0.370 e. The van der Waals surface area contributed by atoms with E-state index in [1.165, 1.54) is 0 Å². The Balaban J connectivity index is 1.71. The number of rotatable bonds is 11. The van der Waals surface area contributed by atoms with Crippen LogP contribution in [0.3, 0.4) is 0 Å². The van der Waals surface area contributed by atoms with Gasteiger partial charge in [-0.15, -0.1) is 0 Å². The molecular weight excluding hydrogens is 825 g/mol. The highest BCUT2D eigenvalue weighted by atomic mass is 16.2. The average molecular weight is 887 g/mol. The number of fused-ring (bicyclic) bond motifs is 1. The van der Waals surface area contributed by atoms with Crippen LogP contribution in [-0.2, 0) is 51.2 Å². The largest absolute Gasteiger partial charge is 0.370 e. The second kappa shape index (κ2) is 25.3. The number of H-pyrrole nitrogens is 1. The van der Waals surface area contributed by atoms with Gasteiger partial charge in [-0.25, -0.2) is 0 Å². The summed E-state index contributed by atoms with van der Waals surface area (Å²) in [5.41, 5.74) is 18.8. The molecule has 15 N–H and O–H groups in total. The standard InChI is InChI=1S/C44H62N12O8/c1-26-16-17-29(57)18-21-49-19-8-7-14-32(38(46)59)52-42(63)35(23-28-25-51-31-13-6-5-12-30(28)31)56-40(61)33(15-9-20-50-44(47)48)53-41(62)34(22-27-10-3-2-4-11-27)55-43(64)36(24-37(45)58)54-39(26)60/h2-6,10-13,25-26,32-36,49,51H,7-9,14-24H2,1H3,(H2,45,58)(H2,46,59)(H,52,63)(H,53,62)(H,54,60)(H,55,64)(H,56,61)(H4,47,48,50)/t26-,32-,33-,34+,35-,36-/m0/s1. The highest BCUT2D eigenvalue weighted by molar-refractivity contribution is 5.98. The van der Waals surface area contributed by atoms with Crippen molar-refractivity contribution in [2.24, 2.45) is 23.1 Å². The van der Waals surface area contributed by atoms with Crippen LogP contribution in [0.25, 0.3) is 10.9 Å². The summed E-state index contributed by atoms with van der Waals surface area (Å²) in [6, 6.07) is 9.53. The van der Waals surface area contributed by atoms with Gasteiger partial charge < -0.3 is 59.4 Å². The van der Waals surface area contributed by atoms with Gasteiger partial charge in [0.1, 0.15) is 36.0 Å². The minimum atomic E-state index is -1.48. The van der Waals surface area contributed by atoms with Crippen LogP contribution in [0.1, 0.15) is 75.8 Å². The first-order valence-corrected chi connectivity index (χ1v) is 21.6. The van der Waals surface area contributed by atoms with Crippen LogP contribution in [-0.4, -0.2) is 108 Å². The molecule has 1 fully saturated rings. The molecule has 0 saturated carbocycles. The fourth-order valence-electron chi connectivity index (χ4n) is 7.27. The molecule has 64 heavy (non-hydrogen) atoms. The predicted molar refractivity (Wildman–Crippen MR) is 239 cm³/mol. The number of carbonyl (C=O) groups is 8. The van der Waals surface area contributed by atoms with Gasteiger partial charge in [0.25, 0.3) is 0 Å². The second-order valence-corrected chi connectivity index (χ2v) is 16.1. The number of amides is 7. The van der Waals surface area contributed by atoms with E-state index >= 15 is 0 Å². The lowest BCUT2D eigenvalue weighted by molar-refractivity contribution is -0.136.